The van der Waals surface area contributed by atoms with Gasteiger partial charge in [-0.1, -0.05) is 26.7 Å². The average Bonchev–Trinajstić information content (AvgIpc) is 2.24. The third kappa shape index (κ3) is 3.21. The van der Waals surface area contributed by atoms with Gasteiger partial charge in [-0.2, -0.15) is 0 Å². The molecule has 0 radical (unpaired) electrons. The zero-order valence-electron chi connectivity index (χ0n) is 10.7. The number of hydrogen-bond donors (Lipinski definition) is 1. The minimum absolute atomic E-state index is 0.110. The fraction of sp³-hybridized carbons (Fsp3) is 1.00. The Bertz CT molecular complexity index is 217. The van der Waals surface area contributed by atoms with Crippen molar-refractivity contribution in [2.45, 2.75) is 77.1 Å². The quantitative estimate of drug-likeness (QED) is 0.784. The lowest BCUT2D eigenvalue weighted by atomic mass is 9.85. The molecule has 0 aromatic heterocycles. The van der Waals surface area contributed by atoms with Crippen LogP contribution in [0.3, 0.4) is 0 Å². The van der Waals surface area contributed by atoms with Crippen molar-refractivity contribution in [3.05, 3.63) is 0 Å². The van der Waals surface area contributed by atoms with Gasteiger partial charge in [0.25, 0.3) is 0 Å². The predicted octanol–water partition coefficient (Wildman–Crippen LogP) is 3.13. The van der Waals surface area contributed by atoms with Crippen molar-refractivity contribution in [1.29, 1.82) is 0 Å². The number of aliphatic hydroxyl groups excluding tert-OH is 1. The molecule has 0 amide bonds. The van der Waals surface area contributed by atoms with Gasteiger partial charge >= 0.3 is 0 Å². The highest BCUT2D eigenvalue weighted by Crippen LogP contribution is 2.31. The van der Waals surface area contributed by atoms with Gasteiger partial charge in [0.1, 0.15) is 0 Å². The lowest BCUT2D eigenvalue weighted by Crippen LogP contribution is -2.39. The van der Waals surface area contributed by atoms with Crippen LogP contribution in [0.1, 0.15) is 58.8 Å². The van der Waals surface area contributed by atoms with Gasteiger partial charge < -0.3 is 9.84 Å². The minimum atomic E-state index is -0.214. The van der Waals surface area contributed by atoms with Crippen molar-refractivity contribution in [3.8, 4) is 0 Å². The van der Waals surface area contributed by atoms with E-state index >= 15 is 0 Å². The second kappa shape index (κ2) is 5.50. The molecule has 2 aliphatic rings. The fourth-order valence-corrected chi connectivity index (χ4v) is 3.21. The van der Waals surface area contributed by atoms with Gasteiger partial charge in [0, 0.05) is 0 Å². The highest BCUT2D eigenvalue weighted by molar-refractivity contribution is 4.81. The average molecular weight is 226 g/mol. The molecule has 0 bridgehead atoms. The molecule has 0 aliphatic heterocycles. The van der Waals surface area contributed by atoms with E-state index in [4.69, 9.17) is 4.74 Å². The fourth-order valence-electron chi connectivity index (χ4n) is 3.21. The van der Waals surface area contributed by atoms with Crippen LogP contribution in [-0.4, -0.2) is 23.4 Å². The van der Waals surface area contributed by atoms with Crippen LogP contribution >= 0.6 is 0 Å². The monoisotopic (exact) mass is 226 g/mol. The maximum atomic E-state index is 9.96. The largest absolute Gasteiger partial charge is 0.390 e. The van der Waals surface area contributed by atoms with E-state index in [2.05, 4.69) is 13.8 Å². The van der Waals surface area contributed by atoms with Gasteiger partial charge in [-0.05, 0) is 43.9 Å². The van der Waals surface area contributed by atoms with Crippen molar-refractivity contribution in [1.82, 2.24) is 0 Å². The van der Waals surface area contributed by atoms with Crippen LogP contribution in [0.15, 0.2) is 0 Å². The maximum Gasteiger partial charge on any atom is 0.0840 e. The van der Waals surface area contributed by atoms with Crippen LogP contribution in [0.2, 0.25) is 0 Å². The third-order valence-corrected chi connectivity index (χ3v) is 4.27. The molecule has 5 unspecified atom stereocenters. The molecular formula is C14H26O2. The van der Waals surface area contributed by atoms with Gasteiger partial charge in [-0.3, -0.25) is 0 Å². The van der Waals surface area contributed by atoms with Crippen LogP contribution in [-0.2, 0) is 4.74 Å². The molecule has 2 saturated carbocycles. The third-order valence-electron chi connectivity index (χ3n) is 4.27. The van der Waals surface area contributed by atoms with Crippen LogP contribution in [0.4, 0.5) is 0 Å². The Morgan fingerprint density at radius 2 is 1.69 bits per heavy atom. The Kier molecular flexibility index (Phi) is 4.26. The van der Waals surface area contributed by atoms with Crippen LogP contribution in [0.5, 0.6) is 0 Å². The first kappa shape index (κ1) is 12.4. The summed E-state index contributed by atoms with van der Waals surface area (Å²) in [6, 6.07) is 0. The SMILES string of the molecule is CC1CCCC(OC2CC(C)CCC2O)C1. The van der Waals surface area contributed by atoms with E-state index in [0.29, 0.717) is 6.10 Å². The Morgan fingerprint density at radius 1 is 0.938 bits per heavy atom. The Labute approximate surface area is 99.4 Å². The van der Waals surface area contributed by atoms with Crippen molar-refractivity contribution in [2.75, 3.05) is 0 Å². The Hall–Kier alpha value is -0.0800. The highest BCUT2D eigenvalue weighted by Gasteiger charge is 2.31. The number of ether oxygens (including phenoxy) is 1. The topological polar surface area (TPSA) is 29.5 Å². The van der Waals surface area contributed by atoms with E-state index in [9.17, 15) is 5.11 Å². The summed E-state index contributed by atoms with van der Waals surface area (Å²) in [6.07, 6.45) is 8.47. The molecule has 2 rings (SSSR count). The summed E-state index contributed by atoms with van der Waals surface area (Å²) in [5.41, 5.74) is 0. The molecule has 5 atom stereocenters. The van der Waals surface area contributed by atoms with E-state index in [1.165, 1.54) is 25.7 Å². The van der Waals surface area contributed by atoms with Crippen LogP contribution < -0.4 is 0 Å². The molecule has 16 heavy (non-hydrogen) atoms. The Balaban J connectivity index is 1.82. The summed E-state index contributed by atoms with van der Waals surface area (Å²) in [5.74, 6) is 1.52. The van der Waals surface area contributed by atoms with Gasteiger partial charge in [0.15, 0.2) is 0 Å². The molecule has 2 heteroatoms. The smallest absolute Gasteiger partial charge is 0.0840 e. The zero-order chi connectivity index (χ0) is 11.5. The molecule has 0 heterocycles. The van der Waals surface area contributed by atoms with Gasteiger partial charge in [0.05, 0.1) is 18.3 Å². The van der Waals surface area contributed by atoms with Crippen molar-refractivity contribution >= 4 is 0 Å². The lowest BCUT2D eigenvalue weighted by Gasteiger charge is -2.36. The first-order valence-electron chi connectivity index (χ1n) is 6.98. The molecule has 0 spiro atoms. The molecule has 94 valence electrons. The first-order chi connectivity index (χ1) is 7.65. The number of aliphatic hydroxyl groups is 1. The van der Waals surface area contributed by atoms with Crippen molar-refractivity contribution < 1.29 is 9.84 Å². The van der Waals surface area contributed by atoms with Gasteiger partial charge in [-0.25, -0.2) is 0 Å². The van der Waals surface area contributed by atoms with E-state index in [1.807, 2.05) is 0 Å². The summed E-state index contributed by atoms with van der Waals surface area (Å²) in [5, 5.41) is 9.96. The molecular weight excluding hydrogens is 200 g/mol. The van der Waals surface area contributed by atoms with E-state index in [0.717, 1.165) is 31.1 Å². The van der Waals surface area contributed by atoms with E-state index < -0.39 is 0 Å². The molecule has 1 N–H and O–H groups in total. The van der Waals surface area contributed by atoms with Gasteiger partial charge in [-0.15, -0.1) is 0 Å². The zero-order valence-corrected chi connectivity index (χ0v) is 10.7. The molecule has 2 nitrogen and oxygen atoms in total. The Morgan fingerprint density at radius 3 is 2.44 bits per heavy atom. The van der Waals surface area contributed by atoms with Crippen LogP contribution in [0, 0.1) is 11.8 Å². The predicted molar refractivity (Wildman–Crippen MR) is 65.3 cm³/mol. The summed E-state index contributed by atoms with van der Waals surface area (Å²) in [7, 11) is 0. The van der Waals surface area contributed by atoms with Crippen molar-refractivity contribution in [2.24, 2.45) is 11.8 Å². The van der Waals surface area contributed by atoms with E-state index in [1.54, 1.807) is 0 Å². The molecule has 0 aromatic rings. The van der Waals surface area contributed by atoms with E-state index in [-0.39, 0.29) is 12.2 Å². The summed E-state index contributed by atoms with van der Waals surface area (Å²) in [6.45, 7) is 4.58. The molecule has 0 saturated heterocycles. The van der Waals surface area contributed by atoms with Gasteiger partial charge in [0.2, 0.25) is 0 Å². The standard InChI is InChI=1S/C14H26O2/c1-10-4-3-5-12(8-10)16-14-9-11(2)6-7-13(14)15/h10-15H,3-9H2,1-2H3. The summed E-state index contributed by atoms with van der Waals surface area (Å²) >= 11 is 0. The highest BCUT2D eigenvalue weighted by atomic mass is 16.5. The van der Waals surface area contributed by atoms with Crippen LogP contribution in [0.25, 0.3) is 0 Å². The lowest BCUT2D eigenvalue weighted by molar-refractivity contribution is -0.115. The minimum Gasteiger partial charge on any atom is -0.390 e. The first-order valence-corrected chi connectivity index (χ1v) is 6.98. The van der Waals surface area contributed by atoms with Crippen molar-refractivity contribution in [3.63, 3.8) is 0 Å². The normalized spacial score (nSPS) is 45.6. The molecule has 2 aliphatic carbocycles. The second-order valence-electron chi connectivity index (χ2n) is 6.05. The molecule has 2 fully saturated rings. The second-order valence-corrected chi connectivity index (χ2v) is 6.05. The summed E-state index contributed by atoms with van der Waals surface area (Å²) in [4.78, 5) is 0. The number of hydrogen-bond acceptors (Lipinski definition) is 2. The summed E-state index contributed by atoms with van der Waals surface area (Å²) < 4.78 is 6.14. The number of rotatable bonds is 2. The molecule has 0 aromatic carbocycles. The maximum absolute atomic E-state index is 9.96.